The molecule has 0 N–H and O–H groups in total. The third-order valence-corrected chi connectivity index (χ3v) is 10.0. The fraction of sp³-hybridized carbons (Fsp3) is 0.175. The summed E-state index contributed by atoms with van der Waals surface area (Å²) < 4.78 is 43.1. The second kappa shape index (κ2) is 13.7. The van der Waals surface area contributed by atoms with Crippen molar-refractivity contribution in [2.75, 3.05) is 20.8 Å². The summed E-state index contributed by atoms with van der Waals surface area (Å²) >= 11 is 0. The van der Waals surface area contributed by atoms with Crippen molar-refractivity contribution in [3.8, 4) is 11.5 Å². The number of benzene rings is 5. The summed E-state index contributed by atoms with van der Waals surface area (Å²) in [7, 11) is -0.709. The van der Waals surface area contributed by atoms with Crippen molar-refractivity contribution < 1.29 is 17.9 Å². The highest BCUT2D eigenvalue weighted by atomic mass is 32.2. The first-order chi connectivity index (χ1) is 22.8. The first-order valence-corrected chi connectivity index (χ1v) is 17.0. The maximum absolute atomic E-state index is 13.8. The lowest BCUT2D eigenvalue weighted by Gasteiger charge is -2.45. The Morgan fingerprint density at radius 2 is 1.26 bits per heavy atom. The minimum Gasteiger partial charge on any atom is -0.497 e. The molecule has 0 spiro atoms. The van der Waals surface area contributed by atoms with Gasteiger partial charge in [-0.15, -0.1) is 4.40 Å². The summed E-state index contributed by atoms with van der Waals surface area (Å²) in [6.07, 6.45) is 2.64. The molecule has 1 aliphatic heterocycles. The van der Waals surface area contributed by atoms with Crippen molar-refractivity contribution in [3.63, 3.8) is 0 Å². The number of rotatable bonds is 10. The summed E-state index contributed by atoms with van der Waals surface area (Å²) in [6, 6.07) is 43.5. The van der Waals surface area contributed by atoms with E-state index in [1.54, 1.807) is 38.5 Å². The average Bonchev–Trinajstić information content (AvgIpc) is 3.11. The first kappa shape index (κ1) is 31.8. The number of ether oxygens (including phenoxy) is 2. The Labute approximate surface area is 277 Å². The molecule has 6 nitrogen and oxygen atoms in total. The monoisotopic (exact) mass is 642 g/mol. The minimum atomic E-state index is -4.02. The van der Waals surface area contributed by atoms with Crippen molar-refractivity contribution in [1.29, 1.82) is 0 Å². The van der Waals surface area contributed by atoms with Crippen LogP contribution in [0.3, 0.4) is 0 Å². The Morgan fingerprint density at radius 3 is 1.83 bits per heavy atom. The molecular formula is C40H38N2O4S. The zero-order chi connectivity index (χ0) is 32.9. The van der Waals surface area contributed by atoms with Crippen LogP contribution in [-0.2, 0) is 28.4 Å². The highest BCUT2D eigenvalue weighted by molar-refractivity contribution is 7.90. The van der Waals surface area contributed by atoms with E-state index in [0.29, 0.717) is 25.3 Å². The van der Waals surface area contributed by atoms with Crippen molar-refractivity contribution >= 4 is 21.4 Å². The molecule has 1 unspecified atom stereocenters. The molecule has 0 aliphatic carbocycles. The molecule has 1 aliphatic rings. The quantitative estimate of drug-likeness (QED) is 0.155. The Morgan fingerprint density at radius 1 is 0.702 bits per heavy atom. The van der Waals surface area contributed by atoms with E-state index < -0.39 is 15.4 Å². The van der Waals surface area contributed by atoms with Gasteiger partial charge in [-0.3, -0.25) is 0 Å². The molecule has 0 amide bonds. The molecule has 0 bridgehead atoms. The van der Waals surface area contributed by atoms with E-state index in [0.717, 1.165) is 44.9 Å². The Balaban J connectivity index is 1.58. The standard InChI is InChI=1S/C40H38N2O4S/c1-30-14-24-37(25-15-30)47(43,44)41-39-26-38(33-10-6-4-7-11-33)40(34-12-8-5-9-13-34,27-31-16-20-35(45-2)21-17-31)29-42(39)28-32-18-22-36(46-3)23-19-32/h4-26H,27-29H2,1-3H3/b41-39+. The van der Waals surface area contributed by atoms with Crippen molar-refractivity contribution in [2.24, 2.45) is 4.40 Å². The van der Waals surface area contributed by atoms with E-state index in [9.17, 15) is 8.42 Å². The summed E-state index contributed by atoms with van der Waals surface area (Å²) in [6.45, 7) is 2.86. The van der Waals surface area contributed by atoms with Crippen LogP contribution in [0.5, 0.6) is 11.5 Å². The van der Waals surface area contributed by atoms with Crippen molar-refractivity contribution in [3.05, 3.63) is 167 Å². The van der Waals surface area contributed by atoms with Crippen molar-refractivity contribution in [1.82, 2.24) is 4.90 Å². The van der Waals surface area contributed by atoms with E-state index in [4.69, 9.17) is 9.47 Å². The predicted octanol–water partition coefficient (Wildman–Crippen LogP) is 7.88. The van der Waals surface area contributed by atoms with Gasteiger partial charge in [0.1, 0.15) is 17.3 Å². The number of nitrogens with zero attached hydrogens (tertiary/aromatic N) is 2. The normalized spacial score (nSPS) is 17.3. The number of hydrogen-bond acceptors (Lipinski definition) is 4. The first-order valence-electron chi connectivity index (χ1n) is 15.6. The van der Waals surface area contributed by atoms with Crippen LogP contribution in [0.2, 0.25) is 0 Å². The maximum atomic E-state index is 13.8. The number of amidine groups is 1. The number of sulfonamides is 1. The molecule has 1 heterocycles. The van der Waals surface area contributed by atoms with Gasteiger partial charge in [0.05, 0.1) is 19.1 Å². The van der Waals surface area contributed by atoms with Crippen LogP contribution >= 0.6 is 0 Å². The summed E-state index contributed by atoms with van der Waals surface area (Å²) in [5.41, 5.74) is 5.70. The Bertz CT molecular complexity index is 1970. The molecule has 0 fully saturated rings. The molecule has 0 saturated heterocycles. The molecule has 0 saturated carbocycles. The van der Waals surface area contributed by atoms with Crippen LogP contribution in [0, 0.1) is 6.92 Å². The smallest absolute Gasteiger partial charge is 0.284 e. The van der Waals surface area contributed by atoms with Crippen LogP contribution in [0.4, 0.5) is 0 Å². The van der Waals surface area contributed by atoms with Gasteiger partial charge in [-0.2, -0.15) is 8.42 Å². The molecule has 7 heteroatoms. The zero-order valence-electron chi connectivity index (χ0n) is 26.8. The van der Waals surface area contributed by atoms with E-state index in [1.165, 1.54) is 0 Å². The Hall–Kier alpha value is -5.14. The van der Waals surface area contributed by atoms with Gasteiger partial charge in [-0.05, 0) is 83.6 Å². The largest absolute Gasteiger partial charge is 0.497 e. The average molecular weight is 643 g/mol. The van der Waals surface area contributed by atoms with Crippen LogP contribution in [0.25, 0.3) is 5.57 Å². The van der Waals surface area contributed by atoms with E-state index >= 15 is 0 Å². The molecule has 5 aromatic carbocycles. The van der Waals surface area contributed by atoms with Gasteiger partial charge in [0.2, 0.25) is 0 Å². The van der Waals surface area contributed by atoms with Gasteiger partial charge in [0.25, 0.3) is 10.0 Å². The highest BCUT2D eigenvalue weighted by Crippen LogP contribution is 2.45. The lowest BCUT2D eigenvalue weighted by Crippen LogP contribution is -2.49. The van der Waals surface area contributed by atoms with Gasteiger partial charge < -0.3 is 14.4 Å². The van der Waals surface area contributed by atoms with E-state index in [2.05, 4.69) is 57.8 Å². The summed E-state index contributed by atoms with van der Waals surface area (Å²) in [5.74, 6) is 1.94. The molecule has 5 aromatic rings. The third kappa shape index (κ3) is 7.00. The van der Waals surface area contributed by atoms with Crippen LogP contribution in [-0.4, -0.2) is 39.9 Å². The molecule has 0 aromatic heterocycles. The summed E-state index contributed by atoms with van der Waals surface area (Å²) in [5, 5.41) is 0. The minimum absolute atomic E-state index is 0.160. The fourth-order valence-corrected chi connectivity index (χ4v) is 7.24. The topological polar surface area (TPSA) is 68.2 Å². The second-order valence-electron chi connectivity index (χ2n) is 11.8. The van der Waals surface area contributed by atoms with Crippen LogP contribution in [0.1, 0.15) is 27.8 Å². The van der Waals surface area contributed by atoms with E-state index in [1.807, 2.05) is 73.7 Å². The lowest BCUT2D eigenvalue weighted by atomic mass is 9.66. The molecule has 238 valence electrons. The molecular weight excluding hydrogens is 605 g/mol. The van der Waals surface area contributed by atoms with Gasteiger partial charge in [-0.1, -0.05) is 103 Å². The molecule has 1 atom stereocenters. The highest BCUT2D eigenvalue weighted by Gasteiger charge is 2.43. The lowest BCUT2D eigenvalue weighted by molar-refractivity contribution is 0.328. The maximum Gasteiger partial charge on any atom is 0.284 e. The van der Waals surface area contributed by atoms with Gasteiger partial charge in [0.15, 0.2) is 0 Å². The number of hydrogen-bond donors (Lipinski definition) is 0. The SMILES string of the molecule is COc1ccc(CN2CC(Cc3ccc(OC)cc3)(c3ccccc3)C(c3ccccc3)=C/C2=N\S(=O)(=O)c2ccc(C)cc2)cc1. The van der Waals surface area contributed by atoms with Crippen LogP contribution in [0.15, 0.2) is 149 Å². The molecule has 47 heavy (non-hydrogen) atoms. The zero-order valence-corrected chi connectivity index (χ0v) is 27.7. The third-order valence-electron chi connectivity index (χ3n) is 8.71. The van der Waals surface area contributed by atoms with Crippen LogP contribution < -0.4 is 9.47 Å². The van der Waals surface area contributed by atoms with Crippen molar-refractivity contribution in [2.45, 2.75) is 30.2 Å². The van der Waals surface area contributed by atoms with Gasteiger partial charge >= 0.3 is 0 Å². The summed E-state index contributed by atoms with van der Waals surface area (Å²) in [4.78, 5) is 2.25. The predicted molar refractivity (Wildman–Crippen MR) is 188 cm³/mol. The fourth-order valence-electron chi connectivity index (χ4n) is 6.24. The second-order valence-corrected chi connectivity index (χ2v) is 13.4. The number of methoxy groups -OCH3 is 2. The van der Waals surface area contributed by atoms with Gasteiger partial charge in [-0.25, -0.2) is 0 Å². The van der Waals surface area contributed by atoms with E-state index in [-0.39, 0.29) is 4.90 Å². The Kier molecular flexibility index (Phi) is 9.27. The number of aryl methyl sites for hydroxylation is 1. The van der Waals surface area contributed by atoms with Gasteiger partial charge in [0, 0.05) is 18.5 Å². The molecule has 0 radical (unpaired) electrons. The molecule has 6 rings (SSSR count).